The number of aliphatic hydroxyl groups excluding tert-OH is 1. The first-order chi connectivity index (χ1) is 15.1. The molecule has 1 heterocycles. The highest BCUT2D eigenvalue weighted by molar-refractivity contribution is 5.97. The van der Waals surface area contributed by atoms with E-state index in [0.29, 0.717) is 22.6 Å². The van der Waals surface area contributed by atoms with Crippen molar-refractivity contribution >= 4 is 17.0 Å². The maximum absolute atomic E-state index is 12.8. The van der Waals surface area contributed by atoms with Crippen LogP contribution in [-0.4, -0.2) is 34.5 Å². The zero-order chi connectivity index (χ0) is 21.6. The fraction of sp³-hybridized carbons (Fsp3) is 0.231. The van der Waals surface area contributed by atoms with Gasteiger partial charge in [-0.05, 0) is 42.2 Å². The van der Waals surface area contributed by atoms with E-state index in [1.54, 1.807) is 25.2 Å². The van der Waals surface area contributed by atoms with E-state index in [1.807, 2.05) is 48.5 Å². The molecule has 5 heteroatoms. The Kier molecular flexibility index (Phi) is 6.43. The van der Waals surface area contributed by atoms with Crippen molar-refractivity contribution in [2.75, 3.05) is 13.6 Å². The summed E-state index contributed by atoms with van der Waals surface area (Å²) in [6.45, 7) is 0.213. The van der Waals surface area contributed by atoms with Crippen molar-refractivity contribution in [3.8, 4) is 0 Å². The Morgan fingerprint density at radius 1 is 1.00 bits per heavy atom. The molecule has 31 heavy (non-hydrogen) atoms. The standard InChI is InChI=1S/C26H26N2O3/c1-28(18-23(29)20-12-6-3-7-13-20)26(30)21-15-16-24-22(17-21)27-25(31-24)14-8-11-19-9-4-2-5-10-19/h2-7,9-10,12-13,15-17,23,29H,8,11,14,18H2,1H3. The number of aliphatic hydroxyl groups is 1. The average Bonchev–Trinajstić information content (AvgIpc) is 3.21. The van der Waals surface area contributed by atoms with Gasteiger partial charge in [0.2, 0.25) is 0 Å². The maximum Gasteiger partial charge on any atom is 0.253 e. The van der Waals surface area contributed by atoms with Crippen LogP contribution in [0, 0.1) is 0 Å². The lowest BCUT2D eigenvalue weighted by molar-refractivity contribution is 0.0681. The van der Waals surface area contributed by atoms with Gasteiger partial charge in [0.25, 0.3) is 5.91 Å². The molecule has 1 unspecified atom stereocenters. The minimum atomic E-state index is -0.734. The molecule has 1 aromatic heterocycles. The third-order valence-electron chi connectivity index (χ3n) is 5.36. The highest BCUT2D eigenvalue weighted by Crippen LogP contribution is 2.20. The monoisotopic (exact) mass is 414 g/mol. The van der Waals surface area contributed by atoms with Gasteiger partial charge in [-0.25, -0.2) is 4.98 Å². The van der Waals surface area contributed by atoms with E-state index in [4.69, 9.17) is 4.42 Å². The number of hydrogen-bond donors (Lipinski definition) is 1. The van der Waals surface area contributed by atoms with Crippen molar-refractivity contribution < 1.29 is 14.3 Å². The number of carbonyl (C=O) groups excluding carboxylic acids is 1. The van der Waals surface area contributed by atoms with Crippen LogP contribution in [0.3, 0.4) is 0 Å². The van der Waals surface area contributed by atoms with Gasteiger partial charge in [-0.3, -0.25) is 4.79 Å². The van der Waals surface area contributed by atoms with Gasteiger partial charge in [0.05, 0.1) is 12.6 Å². The molecule has 0 radical (unpaired) electrons. The summed E-state index contributed by atoms with van der Waals surface area (Å²) in [5.41, 5.74) is 3.97. The number of amides is 1. The molecule has 0 bridgehead atoms. The second-order valence-electron chi connectivity index (χ2n) is 7.74. The SMILES string of the molecule is CN(CC(O)c1ccccc1)C(=O)c1ccc2oc(CCCc3ccccc3)nc2c1. The van der Waals surface area contributed by atoms with Crippen LogP contribution in [0.2, 0.25) is 0 Å². The highest BCUT2D eigenvalue weighted by Gasteiger charge is 2.18. The molecule has 0 aliphatic rings. The third kappa shape index (κ3) is 5.19. The molecule has 4 rings (SSSR count). The Bertz CT molecular complexity index is 1140. The number of benzene rings is 3. The molecule has 0 aliphatic heterocycles. The normalized spacial score (nSPS) is 12.1. The highest BCUT2D eigenvalue weighted by atomic mass is 16.3. The Labute approximate surface area is 182 Å². The zero-order valence-corrected chi connectivity index (χ0v) is 17.6. The molecule has 0 fully saturated rings. The molecule has 0 spiro atoms. The summed E-state index contributed by atoms with van der Waals surface area (Å²) in [5.74, 6) is 0.522. The first-order valence-electron chi connectivity index (χ1n) is 10.5. The molecule has 3 aromatic carbocycles. The van der Waals surface area contributed by atoms with Crippen LogP contribution >= 0.6 is 0 Å². The maximum atomic E-state index is 12.8. The van der Waals surface area contributed by atoms with E-state index in [9.17, 15) is 9.90 Å². The Hall–Kier alpha value is -3.44. The van der Waals surface area contributed by atoms with E-state index in [-0.39, 0.29) is 12.5 Å². The number of fused-ring (bicyclic) bond motifs is 1. The largest absolute Gasteiger partial charge is 0.441 e. The molecule has 5 nitrogen and oxygen atoms in total. The zero-order valence-electron chi connectivity index (χ0n) is 17.6. The predicted octanol–water partition coefficient (Wildman–Crippen LogP) is 4.81. The average molecular weight is 415 g/mol. The summed E-state index contributed by atoms with van der Waals surface area (Å²) < 4.78 is 5.85. The molecule has 0 saturated heterocycles. The number of rotatable bonds is 8. The minimum Gasteiger partial charge on any atom is -0.441 e. The van der Waals surface area contributed by atoms with E-state index in [0.717, 1.165) is 24.8 Å². The first kappa shape index (κ1) is 20.8. The fourth-order valence-electron chi connectivity index (χ4n) is 3.65. The molecule has 0 aliphatic carbocycles. The van der Waals surface area contributed by atoms with Crippen LogP contribution in [0.4, 0.5) is 0 Å². The summed E-state index contributed by atoms with van der Waals surface area (Å²) >= 11 is 0. The molecular weight excluding hydrogens is 388 g/mol. The number of aromatic nitrogens is 1. The summed E-state index contributed by atoms with van der Waals surface area (Å²) in [4.78, 5) is 18.9. The topological polar surface area (TPSA) is 66.6 Å². The molecule has 4 aromatic rings. The molecule has 0 saturated carbocycles. The lowest BCUT2D eigenvalue weighted by Crippen LogP contribution is -2.31. The second kappa shape index (κ2) is 9.58. The van der Waals surface area contributed by atoms with Crippen molar-refractivity contribution in [3.05, 3.63) is 101 Å². The predicted molar refractivity (Wildman–Crippen MR) is 121 cm³/mol. The van der Waals surface area contributed by atoms with Crippen molar-refractivity contribution in [1.82, 2.24) is 9.88 Å². The van der Waals surface area contributed by atoms with Gasteiger partial charge in [-0.2, -0.15) is 0 Å². The smallest absolute Gasteiger partial charge is 0.253 e. The minimum absolute atomic E-state index is 0.162. The van der Waals surface area contributed by atoms with Gasteiger partial charge in [0, 0.05) is 19.0 Å². The molecule has 1 N–H and O–H groups in total. The van der Waals surface area contributed by atoms with Crippen molar-refractivity contribution in [3.63, 3.8) is 0 Å². The van der Waals surface area contributed by atoms with E-state index < -0.39 is 6.10 Å². The number of nitrogens with zero attached hydrogens (tertiary/aromatic N) is 2. The Morgan fingerprint density at radius 3 is 2.45 bits per heavy atom. The quantitative estimate of drug-likeness (QED) is 0.449. The number of likely N-dealkylation sites (N-methyl/N-ethyl adjacent to an activating group) is 1. The van der Waals surface area contributed by atoms with Crippen LogP contribution in [0.15, 0.2) is 83.3 Å². The van der Waals surface area contributed by atoms with Crippen LogP contribution in [-0.2, 0) is 12.8 Å². The fourth-order valence-corrected chi connectivity index (χ4v) is 3.65. The Balaban J connectivity index is 1.39. The van der Waals surface area contributed by atoms with E-state index in [2.05, 4.69) is 17.1 Å². The van der Waals surface area contributed by atoms with Crippen molar-refractivity contribution in [2.24, 2.45) is 0 Å². The summed E-state index contributed by atoms with van der Waals surface area (Å²) in [6, 6.07) is 25.0. The van der Waals surface area contributed by atoms with E-state index in [1.165, 1.54) is 10.5 Å². The van der Waals surface area contributed by atoms with Crippen molar-refractivity contribution in [2.45, 2.75) is 25.4 Å². The number of aryl methyl sites for hydroxylation is 2. The van der Waals surface area contributed by atoms with Crippen LogP contribution in [0.1, 0.15) is 39.9 Å². The van der Waals surface area contributed by atoms with E-state index >= 15 is 0 Å². The van der Waals surface area contributed by atoms with Crippen molar-refractivity contribution in [1.29, 1.82) is 0 Å². The summed E-state index contributed by atoms with van der Waals surface area (Å²) in [7, 11) is 1.69. The van der Waals surface area contributed by atoms with Crippen LogP contribution in [0.5, 0.6) is 0 Å². The van der Waals surface area contributed by atoms with Gasteiger partial charge in [-0.1, -0.05) is 60.7 Å². The second-order valence-corrected chi connectivity index (χ2v) is 7.74. The molecule has 158 valence electrons. The number of hydrogen-bond acceptors (Lipinski definition) is 4. The van der Waals surface area contributed by atoms with Gasteiger partial charge in [0.15, 0.2) is 11.5 Å². The molecular formula is C26H26N2O3. The first-order valence-corrected chi connectivity index (χ1v) is 10.5. The van der Waals surface area contributed by atoms with Gasteiger partial charge in [-0.15, -0.1) is 0 Å². The lowest BCUT2D eigenvalue weighted by atomic mass is 10.1. The van der Waals surface area contributed by atoms with Crippen LogP contribution in [0.25, 0.3) is 11.1 Å². The molecule has 1 atom stereocenters. The number of carbonyl (C=O) groups is 1. The summed E-state index contributed by atoms with van der Waals surface area (Å²) in [5, 5.41) is 10.4. The Morgan fingerprint density at radius 2 is 1.71 bits per heavy atom. The number of oxazole rings is 1. The van der Waals surface area contributed by atoms with Gasteiger partial charge >= 0.3 is 0 Å². The van der Waals surface area contributed by atoms with Crippen LogP contribution < -0.4 is 0 Å². The summed E-state index contributed by atoms with van der Waals surface area (Å²) in [6.07, 6.45) is 1.93. The van der Waals surface area contributed by atoms with Gasteiger partial charge in [0.1, 0.15) is 5.52 Å². The third-order valence-corrected chi connectivity index (χ3v) is 5.36. The molecule has 1 amide bonds. The lowest BCUT2D eigenvalue weighted by Gasteiger charge is -2.21. The van der Waals surface area contributed by atoms with Gasteiger partial charge < -0.3 is 14.4 Å².